The molecule has 0 heterocycles. The van der Waals surface area contributed by atoms with Gasteiger partial charge in [-0.1, -0.05) is 34.5 Å². The largest absolute Gasteiger partial charge is 0.316 e. The third kappa shape index (κ3) is 3.99. The van der Waals surface area contributed by atoms with Gasteiger partial charge in [0.15, 0.2) is 0 Å². The molecule has 0 saturated heterocycles. The zero-order chi connectivity index (χ0) is 10.4. The van der Waals surface area contributed by atoms with Crippen LogP contribution < -0.4 is 5.32 Å². The van der Waals surface area contributed by atoms with Crippen molar-refractivity contribution in [3.8, 4) is 0 Å². The number of halogens is 2. The van der Waals surface area contributed by atoms with Gasteiger partial charge in [-0.3, -0.25) is 0 Å². The molecule has 0 unspecified atom stereocenters. The van der Waals surface area contributed by atoms with Gasteiger partial charge in [-0.05, 0) is 49.7 Å². The van der Waals surface area contributed by atoms with Crippen LogP contribution in [-0.2, 0) is 6.42 Å². The lowest BCUT2D eigenvalue weighted by Gasteiger charge is -2.06. The summed E-state index contributed by atoms with van der Waals surface area (Å²) in [6.07, 6.45) is 2.19. The number of hydrogen-bond donors (Lipinski definition) is 1. The van der Waals surface area contributed by atoms with Crippen molar-refractivity contribution in [2.75, 3.05) is 13.1 Å². The summed E-state index contributed by atoms with van der Waals surface area (Å²) in [4.78, 5) is 0. The molecule has 1 aromatic rings. The first-order valence-electron chi connectivity index (χ1n) is 4.88. The quantitative estimate of drug-likeness (QED) is 0.810. The first-order chi connectivity index (χ1) is 6.74. The van der Waals surface area contributed by atoms with E-state index in [9.17, 15) is 0 Å². The van der Waals surface area contributed by atoms with Crippen LogP contribution in [0.2, 0.25) is 5.02 Å². The highest BCUT2D eigenvalue weighted by Gasteiger charge is 1.99. The third-order valence-electron chi connectivity index (χ3n) is 2.01. The van der Waals surface area contributed by atoms with Crippen molar-refractivity contribution in [2.45, 2.75) is 19.8 Å². The van der Waals surface area contributed by atoms with Crippen molar-refractivity contribution in [1.29, 1.82) is 0 Å². The second-order valence-electron chi connectivity index (χ2n) is 3.24. The van der Waals surface area contributed by atoms with Crippen LogP contribution in [-0.4, -0.2) is 13.1 Å². The molecule has 0 bridgehead atoms. The molecule has 0 fully saturated rings. The van der Waals surface area contributed by atoms with Crippen LogP contribution in [0.4, 0.5) is 0 Å². The molecule has 0 amide bonds. The molecular formula is C11H15BrClN. The van der Waals surface area contributed by atoms with E-state index in [0.717, 1.165) is 29.0 Å². The number of hydrogen-bond acceptors (Lipinski definition) is 1. The normalized spacial score (nSPS) is 10.5. The maximum Gasteiger partial charge on any atom is 0.0409 e. The summed E-state index contributed by atoms with van der Waals surface area (Å²) in [6.45, 7) is 4.26. The summed E-state index contributed by atoms with van der Waals surface area (Å²) in [5, 5.41) is 4.17. The summed E-state index contributed by atoms with van der Waals surface area (Å²) >= 11 is 9.43. The Kier molecular flexibility index (Phi) is 5.53. The lowest BCUT2D eigenvalue weighted by atomic mass is 10.1. The lowest BCUT2D eigenvalue weighted by molar-refractivity contribution is 0.670. The number of benzene rings is 1. The zero-order valence-electron chi connectivity index (χ0n) is 8.32. The molecule has 0 aliphatic rings. The van der Waals surface area contributed by atoms with E-state index in [1.165, 1.54) is 12.0 Å². The van der Waals surface area contributed by atoms with E-state index in [0.29, 0.717) is 0 Å². The fourth-order valence-corrected chi connectivity index (χ4v) is 1.90. The van der Waals surface area contributed by atoms with Crippen LogP contribution in [0.1, 0.15) is 18.9 Å². The Hall–Kier alpha value is -0.0500. The summed E-state index contributed by atoms with van der Waals surface area (Å²) in [7, 11) is 0. The van der Waals surface area contributed by atoms with E-state index in [2.05, 4.69) is 28.2 Å². The van der Waals surface area contributed by atoms with Crippen molar-refractivity contribution >= 4 is 27.5 Å². The molecule has 0 spiro atoms. The average Bonchev–Trinajstić information content (AvgIpc) is 2.18. The molecule has 0 atom stereocenters. The summed E-state index contributed by atoms with van der Waals surface area (Å²) < 4.78 is 1.14. The fourth-order valence-electron chi connectivity index (χ4n) is 1.26. The predicted molar refractivity (Wildman–Crippen MR) is 66.0 cm³/mol. The topological polar surface area (TPSA) is 12.0 Å². The molecule has 0 aliphatic carbocycles. The second-order valence-corrected chi connectivity index (χ2v) is 4.53. The van der Waals surface area contributed by atoms with Crippen LogP contribution in [0, 0.1) is 0 Å². The maximum absolute atomic E-state index is 5.92. The van der Waals surface area contributed by atoms with E-state index in [-0.39, 0.29) is 0 Å². The smallest absolute Gasteiger partial charge is 0.0409 e. The maximum atomic E-state index is 5.92. The molecule has 0 aromatic heterocycles. The van der Waals surface area contributed by atoms with Crippen LogP contribution in [0.3, 0.4) is 0 Å². The highest BCUT2D eigenvalue weighted by Crippen LogP contribution is 2.21. The Morgan fingerprint density at radius 3 is 2.86 bits per heavy atom. The van der Waals surface area contributed by atoms with E-state index in [4.69, 9.17) is 11.6 Å². The van der Waals surface area contributed by atoms with Crippen LogP contribution >= 0.6 is 27.5 Å². The van der Waals surface area contributed by atoms with Gasteiger partial charge in [-0.25, -0.2) is 0 Å². The van der Waals surface area contributed by atoms with Gasteiger partial charge in [0.25, 0.3) is 0 Å². The van der Waals surface area contributed by atoms with Gasteiger partial charge >= 0.3 is 0 Å². The Bertz CT molecular complexity index is 289. The SMILES string of the molecule is CCCNCCc1cc(Cl)ccc1Br. The molecule has 0 saturated carbocycles. The summed E-state index contributed by atoms with van der Waals surface area (Å²) in [5.41, 5.74) is 1.26. The van der Waals surface area contributed by atoms with Crippen LogP contribution in [0.5, 0.6) is 0 Å². The van der Waals surface area contributed by atoms with Crippen molar-refractivity contribution < 1.29 is 0 Å². The summed E-state index contributed by atoms with van der Waals surface area (Å²) in [6, 6.07) is 5.91. The zero-order valence-corrected chi connectivity index (χ0v) is 10.7. The van der Waals surface area contributed by atoms with E-state index in [1.807, 2.05) is 18.2 Å². The summed E-state index contributed by atoms with van der Waals surface area (Å²) in [5.74, 6) is 0. The lowest BCUT2D eigenvalue weighted by Crippen LogP contribution is -2.17. The highest BCUT2D eigenvalue weighted by atomic mass is 79.9. The molecule has 1 aromatic carbocycles. The molecule has 0 aliphatic heterocycles. The first kappa shape index (κ1) is 12.0. The molecular weight excluding hydrogens is 261 g/mol. The van der Waals surface area contributed by atoms with Gasteiger partial charge in [-0.2, -0.15) is 0 Å². The predicted octanol–water partition coefficient (Wildman–Crippen LogP) is 3.64. The Morgan fingerprint density at radius 2 is 2.14 bits per heavy atom. The van der Waals surface area contributed by atoms with Crippen molar-refractivity contribution in [3.63, 3.8) is 0 Å². The van der Waals surface area contributed by atoms with Crippen molar-refractivity contribution in [3.05, 3.63) is 33.3 Å². The Labute approximate surface area is 99.0 Å². The van der Waals surface area contributed by atoms with Gasteiger partial charge in [0.2, 0.25) is 0 Å². The van der Waals surface area contributed by atoms with Crippen LogP contribution in [0.15, 0.2) is 22.7 Å². The molecule has 78 valence electrons. The van der Waals surface area contributed by atoms with Gasteiger partial charge in [-0.15, -0.1) is 0 Å². The van der Waals surface area contributed by atoms with Gasteiger partial charge in [0.05, 0.1) is 0 Å². The molecule has 0 radical (unpaired) electrons. The fraction of sp³-hybridized carbons (Fsp3) is 0.455. The Morgan fingerprint density at radius 1 is 1.36 bits per heavy atom. The minimum atomic E-state index is 0.804. The Balaban J connectivity index is 2.45. The second kappa shape index (κ2) is 6.44. The third-order valence-corrected chi connectivity index (χ3v) is 3.01. The highest BCUT2D eigenvalue weighted by molar-refractivity contribution is 9.10. The van der Waals surface area contributed by atoms with Crippen LogP contribution in [0.25, 0.3) is 0 Å². The minimum Gasteiger partial charge on any atom is -0.316 e. The standard InChI is InChI=1S/C11H15BrClN/c1-2-6-14-7-5-9-8-10(13)3-4-11(9)12/h3-4,8,14H,2,5-7H2,1H3. The molecule has 1 nitrogen and oxygen atoms in total. The van der Waals surface area contributed by atoms with Gasteiger partial charge in [0.1, 0.15) is 0 Å². The number of nitrogens with one attached hydrogen (secondary N) is 1. The van der Waals surface area contributed by atoms with Crippen molar-refractivity contribution in [2.24, 2.45) is 0 Å². The molecule has 1 N–H and O–H groups in total. The number of rotatable bonds is 5. The molecule has 3 heteroatoms. The van der Waals surface area contributed by atoms with E-state index >= 15 is 0 Å². The first-order valence-corrected chi connectivity index (χ1v) is 6.05. The minimum absolute atomic E-state index is 0.804. The van der Waals surface area contributed by atoms with E-state index < -0.39 is 0 Å². The average molecular weight is 277 g/mol. The van der Waals surface area contributed by atoms with E-state index in [1.54, 1.807) is 0 Å². The molecule has 1 rings (SSSR count). The van der Waals surface area contributed by atoms with Crippen molar-refractivity contribution in [1.82, 2.24) is 5.32 Å². The van der Waals surface area contributed by atoms with Gasteiger partial charge < -0.3 is 5.32 Å². The monoisotopic (exact) mass is 275 g/mol. The molecule has 14 heavy (non-hydrogen) atoms. The van der Waals surface area contributed by atoms with Gasteiger partial charge in [0, 0.05) is 9.50 Å².